The van der Waals surface area contributed by atoms with Crippen molar-refractivity contribution in [2.75, 3.05) is 19.8 Å². The van der Waals surface area contributed by atoms with Crippen molar-refractivity contribution in [3.63, 3.8) is 0 Å². The number of benzene rings is 1. The largest absolute Gasteiger partial charge is 0.463 e. The van der Waals surface area contributed by atoms with E-state index in [2.05, 4.69) is 19.6 Å². The van der Waals surface area contributed by atoms with Crippen molar-refractivity contribution >= 4 is 55.7 Å². The predicted molar refractivity (Wildman–Crippen MR) is 193 cm³/mol. The van der Waals surface area contributed by atoms with Gasteiger partial charge >= 0.3 is 35.8 Å². The third kappa shape index (κ3) is 11.7. The quantitative estimate of drug-likeness (QED) is 0.106. The Balaban J connectivity index is 1.81. The average Bonchev–Trinajstić information content (AvgIpc) is 3.33. The van der Waals surface area contributed by atoms with Crippen LogP contribution < -0.4 is 0 Å². The van der Waals surface area contributed by atoms with Crippen molar-refractivity contribution in [3.8, 4) is 0 Å². The Bertz CT molecular complexity index is 1680. The predicted octanol–water partition coefficient (Wildman–Crippen LogP) is 1.69. The Morgan fingerprint density at radius 2 is 1.02 bits per heavy atom. The highest BCUT2D eigenvalue weighted by atomic mass is 28.3. The van der Waals surface area contributed by atoms with E-state index in [9.17, 15) is 38.4 Å². The molecule has 10 atom stereocenters. The highest BCUT2D eigenvalue weighted by Gasteiger charge is 2.58. The van der Waals surface area contributed by atoms with Crippen LogP contribution in [0.4, 0.5) is 0 Å². The molecule has 2 fully saturated rings. The van der Waals surface area contributed by atoms with Gasteiger partial charge in [-0.15, -0.1) is 0 Å². The Morgan fingerprint density at radius 3 is 1.51 bits per heavy atom. The number of ether oxygens (including phenoxy) is 10. The average molecular weight is 824 g/mol. The molecule has 1 aromatic carbocycles. The molecule has 314 valence electrons. The number of esters is 6. The molecule has 0 aromatic heterocycles. The van der Waals surface area contributed by atoms with Crippen LogP contribution in [-0.2, 0) is 76.1 Å². The van der Waals surface area contributed by atoms with E-state index in [0.717, 1.165) is 46.4 Å². The lowest BCUT2D eigenvalue weighted by molar-refractivity contribution is -0.326. The van der Waals surface area contributed by atoms with Crippen molar-refractivity contribution in [2.45, 2.75) is 129 Å². The molecule has 3 aliphatic rings. The van der Waals surface area contributed by atoms with E-state index in [1.807, 2.05) is 0 Å². The fourth-order valence-electron chi connectivity index (χ4n) is 6.57. The second-order valence-electron chi connectivity index (χ2n) is 14.8. The normalized spacial score (nSPS) is 28.5. The highest BCUT2D eigenvalue weighted by molar-refractivity contribution is 6.76. The van der Waals surface area contributed by atoms with Gasteiger partial charge in [-0.2, -0.15) is 0 Å². The second-order valence-corrected chi connectivity index (χ2v) is 20.4. The molecule has 3 aliphatic heterocycles. The van der Waals surface area contributed by atoms with Crippen LogP contribution in [0.25, 0.3) is 0 Å². The first-order valence-corrected chi connectivity index (χ1v) is 21.9. The fraction of sp³-hybridized carbons (Fsp3) is 0.622. The summed E-state index contributed by atoms with van der Waals surface area (Å²) in [5.74, 6) is -6.62. The molecule has 2 amide bonds. The van der Waals surface area contributed by atoms with Crippen LogP contribution in [0.5, 0.6) is 0 Å². The molecule has 3 heterocycles. The number of fused-ring (bicyclic) bond motifs is 1. The van der Waals surface area contributed by atoms with E-state index in [1.54, 1.807) is 12.1 Å². The summed E-state index contributed by atoms with van der Waals surface area (Å²) in [7, 11) is -1.68. The number of carbonyl (C=O) groups is 8. The summed E-state index contributed by atoms with van der Waals surface area (Å²) < 4.78 is 57.9. The minimum atomic E-state index is -1.75. The van der Waals surface area contributed by atoms with E-state index in [0.29, 0.717) is 6.04 Å². The topological polar surface area (TPSA) is 232 Å². The van der Waals surface area contributed by atoms with E-state index >= 15 is 0 Å². The Kier molecular flexibility index (Phi) is 15.1. The van der Waals surface area contributed by atoms with Gasteiger partial charge in [-0.05, 0) is 18.2 Å². The SMILES string of the molecule is CC(=O)OC[C@H]1O[C@@H](OC[C@H]2O[C@@H](OCC[Si](C)(C)C)[C@H](OC(C)=O)[C@@H](OC(C)=O)[C@H]2OC(C)=O)[C@H](N2C(=O)c3ccccc3C2=O)[C@@H](OC(C)=O)[C@@H]1OC(C)=O. The minimum Gasteiger partial charge on any atom is -0.463 e. The maximum atomic E-state index is 14.0. The maximum absolute atomic E-state index is 14.0. The lowest BCUT2D eigenvalue weighted by Gasteiger charge is -2.48. The lowest BCUT2D eigenvalue weighted by Crippen LogP contribution is -2.68. The van der Waals surface area contributed by atoms with Gasteiger partial charge < -0.3 is 47.4 Å². The first kappa shape index (κ1) is 44.9. The van der Waals surface area contributed by atoms with Gasteiger partial charge in [0, 0.05) is 56.2 Å². The van der Waals surface area contributed by atoms with Crippen LogP contribution in [0.1, 0.15) is 62.3 Å². The van der Waals surface area contributed by atoms with Crippen LogP contribution in [0.2, 0.25) is 25.7 Å². The van der Waals surface area contributed by atoms with E-state index in [1.165, 1.54) is 12.1 Å². The van der Waals surface area contributed by atoms with Crippen molar-refractivity contribution in [2.24, 2.45) is 0 Å². The summed E-state index contributed by atoms with van der Waals surface area (Å²) in [5, 5.41) is 0. The number of hydrogen-bond donors (Lipinski definition) is 0. The third-order valence-corrected chi connectivity index (χ3v) is 10.6. The monoisotopic (exact) mass is 823 g/mol. The molecule has 0 saturated carbocycles. The minimum absolute atomic E-state index is 0.0125. The van der Waals surface area contributed by atoms with Crippen molar-refractivity contribution in [1.29, 1.82) is 0 Å². The molecule has 20 heteroatoms. The Hall–Kier alpha value is -4.76. The number of rotatable bonds is 15. The summed E-state index contributed by atoms with van der Waals surface area (Å²) in [5.41, 5.74) is 0.0250. The summed E-state index contributed by atoms with van der Waals surface area (Å²) in [6, 6.07) is 4.89. The van der Waals surface area contributed by atoms with E-state index in [4.69, 9.17) is 47.4 Å². The first-order valence-electron chi connectivity index (χ1n) is 18.2. The molecule has 2 saturated heterocycles. The van der Waals surface area contributed by atoms with Gasteiger partial charge in [0.25, 0.3) is 11.8 Å². The van der Waals surface area contributed by atoms with Crippen molar-refractivity contribution < 1.29 is 85.7 Å². The molecule has 57 heavy (non-hydrogen) atoms. The Labute approximate surface area is 329 Å². The van der Waals surface area contributed by atoms with Crippen LogP contribution >= 0.6 is 0 Å². The lowest BCUT2D eigenvalue weighted by atomic mass is 9.94. The zero-order valence-electron chi connectivity index (χ0n) is 33.2. The number of nitrogens with zero attached hydrogens (tertiary/aromatic N) is 1. The van der Waals surface area contributed by atoms with Gasteiger partial charge in [0.2, 0.25) is 0 Å². The van der Waals surface area contributed by atoms with Gasteiger partial charge in [-0.1, -0.05) is 31.8 Å². The van der Waals surface area contributed by atoms with Crippen molar-refractivity contribution in [3.05, 3.63) is 35.4 Å². The van der Waals surface area contributed by atoms with Gasteiger partial charge in [0.15, 0.2) is 43.1 Å². The summed E-state index contributed by atoms with van der Waals surface area (Å²) in [4.78, 5) is 103. The summed E-state index contributed by atoms with van der Waals surface area (Å²) >= 11 is 0. The molecule has 0 radical (unpaired) electrons. The standard InChI is InChI=1S/C37H49NO18Si/c1-18(39)48-16-26-29(50-19(2)40)31(52-21(4)42)28(38-34(45)24-12-10-11-13-25(24)35(38)46)36(55-26)49-17-27-30(51-20(3)41)32(53-22(5)43)33(54-23(6)44)37(56-27)47-14-15-57(7,8)9/h10-13,26-33,36-37H,14-17H2,1-9H3/t26-,27-,28-,29-,30+,31-,32+,33-,36-,37-/m1/s1. The third-order valence-electron chi connectivity index (χ3n) is 8.85. The van der Waals surface area contributed by atoms with Gasteiger partial charge in [-0.3, -0.25) is 43.3 Å². The highest BCUT2D eigenvalue weighted by Crippen LogP contribution is 2.37. The number of carbonyl (C=O) groups excluding carboxylic acids is 8. The van der Waals surface area contributed by atoms with Crippen LogP contribution in [0, 0.1) is 0 Å². The molecular formula is C37H49NO18Si. The number of hydrogen-bond acceptors (Lipinski definition) is 18. The zero-order chi connectivity index (χ0) is 42.4. The molecular weight excluding hydrogens is 774 g/mol. The Morgan fingerprint density at radius 1 is 0.579 bits per heavy atom. The smallest absolute Gasteiger partial charge is 0.303 e. The van der Waals surface area contributed by atoms with Gasteiger partial charge in [0.1, 0.15) is 24.9 Å². The molecule has 19 nitrogen and oxygen atoms in total. The van der Waals surface area contributed by atoms with Gasteiger partial charge in [-0.25, -0.2) is 0 Å². The van der Waals surface area contributed by atoms with Crippen LogP contribution in [-0.4, -0.2) is 142 Å². The summed E-state index contributed by atoms with van der Waals surface area (Å²) in [6.07, 6.45) is -13.6. The maximum Gasteiger partial charge on any atom is 0.303 e. The van der Waals surface area contributed by atoms with Crippen LogP contribution in [0.15, 0.2) is 24.3 Å². The molecule has 0 aliphatic carbocycles. The van der Waals surface area contributed by atoms with E-state index < -0.39 is 130 Å². The molecule has 0 unspecified atom stereocenters. The fourth-order valence-corrected chi connectivity index (χ4v) is 7.30. The van der Waals surface area contributed by atoms with Gasteiger partial charge in [0.05, 0.1) is 17.7 Å². The second kappa shape index (κ2) is 19.1. The molecule has 0 N–H and O–H groups in total. The molecule has 0 spiro atoms. The molecule has 0 bridgehead atoms. The first-order chi connectivity index (χ1) is 26.7. The van der Waals surface area contributed by atoms with Crippen LogP contribution in [0.3, 0.4) is 0 Å². The van der Waals surface area contributed by atoms with E-state index in [-0.39, 0.29) is 17.7 Å². The molecule has 1 aromatic rings. The molecule has 4 rings (SSSR count). The van der Waals surface area contributed by atoms with Crippen molar-refractivity contribution in [1.82, 2.24) is 4.90 Å². The number of imide groups is 1. The zero-order valence-corrected chi connectivity index (χ0v) is 34.2. The number of amides is 2. The summed E-state index contributed by atoms with van der Waals surface area (Å²) in [6.45, 7) is 11.8.